The van der Waals surface area contributed by atoms with Gasteiger partial charge in [0.05, 0.1) is 6.20 Å². The van der Waals surface area contributed by atoms with Crippen LogP contribution in [0.4, 0.5) is 14.5 Å². The molecule has 106 valence electrons. The lowest BCUT2D eigenvalue weighted by Crippen LogP contribution is -2.03. The second kappa shape index (κ2) is 5.75. The highest BCUT2D eigenvalue weighted by Crippen LogP contribution is 2.22. The summed E-state index contributed by atoms with van der Waals surface area (Å²) in [5.74, 6) is -1.02. The minimum Gasteiger partial charge on any atom is -0.444 e. The van der Waals surface area contributed by atoms with Crippen LogP contribution in [0.15, 0.2) is 59.5 Å². The first kappa shape index (κ1) is 13.3. The molecule has 0 unspecified atom stereocenters. The summed E-state index contributed by atoms with van der Waals surface area (Å²) in [4.78, 5) is 3.86. The van der Waals surface area contributed by atoms with E-state index < -0.39 is 11.6 Å². The standard InChI is InChI=1S/C16H12F2N2O/c17-14-6-2-4-12(16(14)18)8-20-13-5-1-3-11(7-13)15-9-19-10-21-15/h1-7,9-10,20H,8H2. The van der Waals surface area contributed by atoms with E-state index >= 15 is 0 Å². The highest BCUT2D eigenvalue weighted by atomic mass is 19.2. The molecule has 3 nitrogen and oxygen atoms in total. The van der Waals surface area contributed by atoms with Crippen LogP contribution in [0, 0.1) is 11.6 Å². The molecule has 1 N–H and O–H groups in total. The molecule has 0 radical (unpaired) electrons. The van der Waals surface area contributed by atoms with Crippen LogP contribution in [0.25, 0.3) is 11.3 Å². The summed E-state index contributed by atoms with van der Waals surface area (Å²) in [6, 6.07) is 11.6. The second-order valence-electron chi connectivity index (χ2n) is 4.51. The van der Waals surface area contributed by atoms with E-state index in [1.165, 1.54) is 12.5 Å². The molecule has 5 heteroatoms. The van der Waals surface area contributed by atoms with Gasteiger partial charge in [-0.25, -0.2) is 13.8 Å². The molecule has 0 atom stereocenters. The van der Waals surface area contributed by atoms with Crippen LogP contribution in [0.3, 0.4) is 0 Å². The summed E-state index contributed by atoms with van der Waals surface area (Å²) in [7, 11) is 0. The third-order valence-electron chi connectivity index (χ3n) is 3.09. The van der Waals surface area contributed by atoms with Crippen LogP contribution >= 0.6 is 0 Å². The number of hydrogen-bond donors (Lipinski definition) is 1. The molecule has 0 saturated heterocycles. The minimum absolute atomic E-state index is 0.198. The Morgan fingerprint density at radius 1 is 1.10 bits per heavy atom. The molecule has 0 aliphatic heterocycles. The maximum atomic E-state index is 13.6. The van der Waals surface area contributed by atoms with Gasteiger partial charge in [-0.3, -0.25) is 0 Å². The SMILES string of the molecule is Fc1cccc(CNc2cccc(-c3cnco3)c2)c1F. The fourth-order valence-electron chi connectivity index (χ4n) is 2.02. The van der Waals surface area contributed by atoms with Gasteiger partial charge in [-0.05, 0) is 18.2 Å². The Bertz CT molecular complexity index is 742. The maximum absolute atomic E-state index is 13.6. The van der Waals surface area contributed by atoms with Gasteiger partial charge in [0.2, 0.25) is 0 Å². The third kappa shape index (κ3) is 2.91. The number of aromatic nitrogens is 1. The summed E-state index contributed by atoms with van der Waals surface area (Å²) >= 11 is 0. The van der Waals surface area contributed by atoms with E-state index in [1.807, 2.05) is 24.3 Å². The normalized spacial score (nSPS) is 10.6. The molecular weight excluding hydrogens is 274 g/mol. The zero-order valence-electron chi connectivity index (χ0n) is 11.0. The van der Waals surface area contributed by atoms with Crippen molar-refractivity contribution in [2.75, 3.05) is 5.32 Å². The Balaban J connectivity index is 1.77. The van der Waals surface area contributed by atoms with E-state index in [0.717, 1.165) is 17.3 Å². The molecule has 0 spiro atoms. The number of halogens is 2. The van der Waals surface area contributed by atoms with Crippen LogP contribution < -0.4 is 5.32 Å². The Kier molecular flexibility index (Phi) is 3.64. The predicted octanol–water partition coefficient (Wildman–Crippen LogP) is 4.23. The fraction of sp³-hybridized carbons (Fsp3) is 0.0625. The lowest BCUT2D eigenvalue weighted by molar-refractivity contribution is 0.500. The van der Waals surface area contributed by atoms with Gasteiger partial charge in [0, 0.05) is 23.4 Å². The Morgan fingerprint density at radius 2 is 1.95 bits per heavy atom. The molecule has 2 aromatic carbocycles. The number of anilines is 1. The number of nitrogens with one attached hydrogen (secondary N) is 1. The van der Waals surface area contributed by atoms with Crippen LogP contribution in [-0.4, -0.2) is 4.98 Å². The molecule has 21 heavy (non-hydrogen) atoms. The van der Waals surface area contributed by atoms with Crippen molar-refractivity contribution in [1.82, 2.24) is 4.98 Å². The zero-order valence-corrected chi connectivity index (χ0v) is 11.0. The van der Waals surface area contributed by atoms with Crippen molar-refractivity contribution >= 4 is 5.69 Å². The fourth-order valence-corrected chi connectivity index (χ4v) is 2.02. The molecule has 3 rings (SSSR count). The van der Waals surface area contributed by atoms with E-state index in [9.17, 15) is 8.78 Å². The molecule has 0 amide bonds. The van der Waals surface area contributed by atoms with Gasteiger partial charge in [-0.1, -0.05) is 24.3 Å². The average molecular weight is 286 g/mol. The largest absolute Gasteiger partial charge is 0.444 e. The number of hydrogen-bond acceptors (Lipinski definition) is 3. The van der Waals surface area contributed by atoms with E-state index in [1.54, 1.807) is 12.3 Å². The van der Waals surface area contributed by atoms with E-state index in [2.05, 4.69) is 10.3 Å². The van der Waals surface area contributed by atoms with Crippen LogP contribution in [-0.2, 0) is 6.54 Å². The van der Waals surface area contributed by atoms with Crippen LogP contribution in [0.5, 0.6) is 0 Å². The summed E-state index contributed by atoms with van der Waals surface area (Å²) in [6.07, 6.45) is 2.98. The lowest BCUT2D eigenvalue weighted by Gasteiger charge is -2.08. The predicted molar refractivity (Wildman–Crippen MR) is 75.6 cm³/mol. The van der Waals surface area contributed by atoms with Crippen LogP contribution in [0.1, 0.15) is 5.56 Å². The third-order valence-corrected chi connectivity index (χ3v) is 3.09. The average Bonchev–Trinajstić information content (AvgIpc) is 3.03. The summed E-state index contributed by atoms with van der Waals surface area (Å²) in [5, 5.41) is 3.06. The first-order valence-electron chi connectivity index (χ1n) is 6.40. The van der Waals surface area contributed by atoms with Gasteiger partial charge in [-0.2, -0.15) is 0 Å². The molecule has 0 aliphatic rings. The van der Waals surface area contributed by atoms with Gasteiger partial charge in [-0.15, -0.1) is 0 Å². The van der Waals surface area contributed by atoms with Gasteiger partial charge in [0.15, 0.2) is 23.8 Å². The topological polar surface area (TPSA) is 38.1 Å². The van der Waals surface area contributed by atoms with Gasteiger partial charge >= 0.3 is 0 Å². The van der Waals surface area contributed by atoms with Crippen molar-refractivity contribution < 1.29 is 13.2 Å². The lowest BCUT2D eigenvalue weighted by atomic mass is 10.1. The summed E-state index contributed by atoms with van der Waals surface area (Å²) in [6.45, 7) is 0.198. The van der Waals surface area contributed by atoms with Gasteiger partial charge in [0.25, 0.3) is 0 Å². The maximum Gasteiger partial charge on any atom is 0.181 e. The van der Waals surface area contributed by atoms with Gasteiger partial charge < -0.3 is 9.73 Å². The first-order chi connectivity index (χ1) is 10.2. The molecule has 0 bridgehead atoms. The quantitative estimate of drug-likeness (QED) is 0.780. The van der Waals surface area contributed by atoms with Crippen molar-refractivity contribution in [2.45, 2.75) is 6.54 Å². The van der Waals surface area contributed by atoms with Crippen molar-refractivity contribution in [2.24, 2.45) is 0 Å². The van der Waals surface area contributed by atoms with E-state index in [4.69, 9.17) is 4.42 Å². The number of oxazole rings is 1. The van der Waals surface area contributed by atoms with E-state index in [-0.39, 0.29) is 12.1 Å². The molecule has 0 saturated carbocycles. The van der Waals surface area contributed by atoms with Gasteiger partial charge in [0.1, 0.15) is 0 Å². The number of benzene rings is 2. The minimum atomic E-state index is -0.843. The van der Waals surface area contributed by atoms with Crippen molar-refractivity contribution in [3.05, 3.63) is 72.3 Å². The molecule has 0 fully saturated rings. The molecule has 1 heterocycles. The van der Waals surface area contributed by atoms with Crippen molar-refractivity contribution in [3.63, 3.8) is 0 Å². The van der Waals surface area contributed by atoms with Crippen LogP contribution in [0.2, 0.25) is 0 Å². The highest BCUT2D eigenvalue weighted by Gasteiger charge is 2.07. The Hall–Kier alpha value is -2.69. The second-order valence-corrected chi connectivity index (χ2v) is 4.51. The Morgan fingerprint density at radius 3 is 2.76 bits per heavy atom. The first-order valence-corrected chi connectivity index (χ1v) is 6.40. The summed E-state index contributed by atoms with van der Waals surface area (Å²) in [5.41, 5.74) is 1.92. The number of nitrogens with zero attached hydrogens (tertiary/aromatic N) is 1. The van der Waals surface area contributed by atoms with Crippen molar-refractivity contribution in [1.29, 1.82) is 0 Å². The van der Waals surface area contributed by atoms with E-state index in [0.29, 0.717) is 5.76 Å². The molecule has 3 aromatic rings. The molecular formula is C16H12F2N2O. The smallest absolute Gasteiger partial charge is 0.181 e. The highest BCUT2D eigenvalue weighted by molar-refractivity contribution is 5.63. The monoisotopic (exact) mass is 286 g/mol. The zero-order chi connectivity index (χ0) is 14.7. The molecule has 0 aliphatic carbocycles. The summed E-state index contributed by atoms with van der Waals surface area (Å²) < 4.78 is 31.9. The molecule has 1 aromatic heterocycles. The number of rotatable bonds is 4. The Labute approximate surface area is 120 Å². The van der Waals surface area contributed by atoms with Crippen molar-refractivity contribution in [3.8, 4) is 11.3 Å².